The lowest BCUT2D eigenvalue weighted by Crippen LogP contribution is -2.53. The fraction of sp³-hybridized carbons (Fsp3) is 0.269. The van der Waals surface area contributed by atoms with Crippen LogP contribution >= 0.6 is 0 Å². The summed E-state index contributed by atoms with van der Waals surface area (Å²) in [7, 11) is 0. The molecule has 14 heteroatoms. The van der Waals surface area contributed by atoms with Crippen molar-refractivity contribution in [2.24, 2.45) is 5.73 Å². The van der Waals surface area contributed by atoms with Gasteiger partial charge in [-0.25, -0.2) is 4.79 Å². The Hall–Kier alpha value is -4.56. The van der Waals surface area contributed by atoms with Crippen LogP contribution in [0.1, 0.15) is 12.0 Å². The zero-order chi connectivity index (χ0) is 29.0. The van der Waals surface area contributed by atoms with E-state index in [9.17, 15) is 37.8 Å². The van der Waals surface area contributed by atoms with Crippen LogP contribution in [0, 0.1) is 0 Å². The van der Waals surface area contributed by atoms with Crippen molar-refractivity contribution in [3.63, 3.8) is 0 Å². The number of benzene rings is 2. The van der Waals surface area contributed by atoms with Gasteiger partial charge in [-0.2, -0.15) is 0 Å². The molecule has 4 unspecified atom stereocenters. The number of hydrogen-bond acceptors (Lipinski definition) is 6. The van der Waals surface area contributed by atoms with E-state index in [2.05, 4.69) is 25.7 Å². The zero-order valence-electron chi connectivity index (χ0n) is 20.7. The second-order valence-corrected chi connectivity index (χ2v) is 9.14. The molecule has 0 saturated carbocycles. The summed E-state index contributed by atoms with van der Waals surface area (Å²) in [5.74, 6) is -1.99. The van der Waals surface area contributed by atoms with Crippen LogP contribution in [0.3, 0.4) is 0 Å². The first-order chi connectivity index (χ1) is 18.9. The van der Waals surface area contributed by atoms with Crippen molar-refractivity contribution in [3.8, 4) is 5.75 Å². The molecule has 4 rings (SSSR count). The van der Waals surface area contributed by atoms with Crippen molar-refractivity contribution in [3.05, 3.63) is 71.9 Å². The first-order valence-corrected chi connectivity index (χ1v) is 12.0. The largest absolute Gasteiger partial charge is 0.573 e. The molecule has 0 radical (unpaired) electrons. The van der Waals surface area contributed by atoms with Gasteiger partial charge in [-0.05, 0) is 35.9 Å². The fourth-order valence-corrected chi connectivity index (χ4v) is 4.32. The Bertz CT molecular complexity index is 1420. The average Bonchev–Trinajstić information content (AvgIpc) is 3.29. The SMILES string of the molecule is NC(=O)C(Cc1c[nH]c2ccccc12)NC(=O)C1=CC(NC(=O)Nc2ccc(OC(F)(F)F)cc2)C(O)C(O)C1. The molecule has 4 amide bonds. The summed E-state index contributed by atoms with van der Waals surface area (Å²) in [6.07, 6.45) is -4.96. The van der Waals surface area contributed by atoms with Crippen molar-refractivity contribution in [2.45, 2.75) is 43.5 Å². The summed E-state index contributed by atoms with van der Waals surface area (Å²) in [4.78, 5) is 40.7. The van der Waals surface area contributed by atoms with Gasteiger partial charge in [0.25, 0.3) is 0 Å². The standard InChI is InChI=1S/C26H26F3N5O6/c27-26(28,29)40-16-7-5-15(6-8-16)32-25(39)34-19-9-13(11-21(35)22(19)36)24(38)33-20(23(30)37)10-14-12-31-18-4-2-1-3-17(14)18/h1-9,12,19-22,31,35-36H,10-11H2,(H2,30,37)(H,33,38)(H2,32,34,39). The van der Waals surface area contributed by atoms with Gasteiger partial charge in [0, 0.05) is 41.2 Å². The minimum absolute atomic E-state index is 0.00179. The molecule has 8 N–H and O–H groups in total. The number of halogens is 3. The van der Waals surface area contributed by atoms with E-state index in [1.807, 2.05) is 24.3 Å². The molecule has 1 aromatic heterocycles. The second kappa shape index (κ2) is 11.7. The third kappa shape index (κ3) is 7.09. The maximum atomic E-state index is 13.0. The number of amides is 4. The maximum Gasteiger partial charge on any atom is 0.573 e. The molecular weight excluding hydrogens is 535 g/mol. The van der Waals surface area contributed by atoms with Crippen molar-refractivity contribution >= 4 is 34.4 Å². The Labute approximate surface area is 225 Å². The van der Waals surface area contributed by atoms with Crippen LogP contribution in [-0.2, 0) is 16.0 Å². The summed E-state index contributed by atoms with van der Waals surface area (Å²) in [6, 6.07) is 8.55. The molecule has 1 aliphatic carbocycles. The number of aliphatic hydroxyl groups excluding tert-OH is 2. The van der Waals surface area contributed by atoms with Crippen molar-refractivity contribution in [2.75, 3.05) is 5.32 Å². The predicted octanol–water partition coefficient (Wildman–Crippen LogP) is 1.82. The highest BCUT2D eigenvalue weighted by Gasteiger charge is 2.35. The molecule has 40 heavy (non-hydrogen) atoms. The molecule has 0 aliphatic heterocycles. The lowest BCUT2D eigenvalue weighted by molar-refractivity contribution is -0.274. The molecule has 11 nitrogen and oxygen atoms in total. The highest BCUT2D eigenvalue weighted by Crippen LogP contribution is 2.25. The number of hydrogen-bond donors (Lipinski definition) is 7. The smallest absolute Gasteiger partial charge is 0.406 e. The number of H-pyrrole nitrogens is 1. The Morgan fingerprint density at radius 3 is 2.48 bits per heavy atom. The van der Waals surface area contributed by atoms with E-state index in [1.165, 1.54) is 18.2 Å². The molecule has 2 aromatic carbocycles. The number of nitrogens with two attached hydrogens (primary N) is 1. The topological polar surface area (TPSA) is 179 Å². The number of alkyl halides is 3. The lowest BCUT2D eigenvalue weighted by Gasteiger charge is -2.31. The first-order valence-electron chi connectivity index (χ1n) is 12.0. The van der Waals surface area contributed by atoms with Gasteiger partial charge in [0.15, 0.2) is 0 Å². The van der Waals surface area contributed by atoms with E-state index in [-0.39, 0.29) is 24.1 Å². The van der Waals surface area contributed by atoms with Gasteiger partial charge >= 0.3 is 12.4 Å². The number of carbonyl (C=O) groups excluding carboxylic acids is 3. The highest BCUT2D eigenvalue weighted by molar-refractivity contribution is 5.97. The van der Waals surface area contributed by atoms with Crippen LogP contribution in [-0.4, -0.2) is 63.7 Å². The number of para-hydroxylation sites is 1. The van der Waals surface area contributed by atoms with Crippen LogP contribution in [0.15, 0.2) is 66.4 Å². The van der Waals surface area contributed by atoms with E-state index in [4.69, 9.17) is 5.73 Å². The van der Waals surface area contributed by atoms with E-state index >= 15 is 0 Å². The summed E-state index contributed by atoms with van der Waals surface area (Å²) in [6.45, 7) is 0. The number of primary amides is 1. The summed E-state index contributed by atoms with van der Waals surface area (Å²) < 4.78 is 40.7. The Morgan fingerprint density at radius 2 is 1.80 bits per heavy atom. The number of aromatic amines is 1. The summed E-state index contributed by atoms with van der Waals surface area (Å²) >= 11 is 0. The molecule has 0 bridgehead atoms. The molecule has 1 heterocycles. The number of fused-ring (bicyclic) bond motifs is 1. The van der Waals surface area contributed by atoms with E-state index < -0.39 is 54.2 Å². The van der Waals surface area contributed by atoms with Gasteiger partial charge in [-0.3, -0.25) is 9.59 Å². The maximum absolute atomic E-state index is 13.0. The monoisotopic (exact) mass is 561 g/mol. The quantitative estimate of drug-likeness (QED) is 0.220. The molecule has 0 fully saturated rings. The minimum atomic E-state index is -4.87. The molecule has 0 spiro atoms. The molecule has 3 aromatic rings. The van der Waals surface area contributed by atoms with Gasteiger partial charge in [0.05, 0.1) is 12.1 Å². The molecule has 0 saturated heterocycles. The summed E-state index contributed by atoms with van der Waals surface area (Å²) in [5.41, 5.74) is 7.24. The number of aromatic nitrogens is 1. The van der Waals surface area contributed by atoms with E-state index in [1.54, 1.807) is 6.20 Å². The number of carbonyl (C=O) groups is 3. The molecular formula is C26H26F3N5O6. The zero-order valence-corrected chi connectivity index (χ0v) is 20.7. The number of anilines is 1. The van der Waals surface area contributed by atoms with Gasteiger partial charge in [0.1, 0.15) is 17.9 Å². The minimum Gasteiger partial charge on any atom is -0.406 e. The number of urea groups is 1. The average molecular weight is 562 g/mol. The molecule has 212 valence electrons. The van der Waals surface area contributed by atoms with Crippen LogP contribution in [0.5, 0.6) is 5.75 Å². The number of ether oxygens (including phenoxy) is 1. The van der Waals surface area contributed by atoms with E-state index in [0.29, 0.717) is 0 Å². The normalized spacial score (nSPS) is 19.8. The van der Waals surface area contributed by atoms with Gasteiger partial charge in [0.2, 0.25) is 11.8 Å². The number of nitrogens with one attached hydrogen (secondary N) is 4. The third-order valence-electron chi connectivity index (χ3n) is 6.25. The van der Waals surface area contributed by atoms with Crippen molar-refractivity contribution < 1.29 is 42.5 Å². The third-order valence-corrected chi connectivity index (χ3v) is 6.25. The lowest BCUT2D eigenvalue weighted by atomic mass is 9.89. The van der Waals surface area contributed by atoms with Crippen LogP contribution in [0.25, 0.3) is 10.9 Å². The van der Waals surface area contributed by atoms with Crippen LogP contribution in [0.4, 0.5) is 23.7 Å². The van der Waals surface area contributed by atoms with Gasteiger partial charge in [-0.1, -0.05) is 24.3 Å². The second-order valence-electron chi connectivity index (χ2n) is 9.14. The number of rotatable bonds is 8. The number of aliphatic hydroxyl groups is 2. The van der Waals surface area contributed by atoms with Crippen molar-refractivity contribution in [1.82, 2.24) is 15.6 Å². The fourth-order valence-electron chi connectivity index (χ4n) is 4.32. The first kappa shape index (κ1) is 28.4. The van der Waals surface area contributed by atoms with E-state index in [0.717, 1.165) is 28.6 Å². The van der Waals surface area contributed by atoms with Gasteiger partial charge in [-0.15, -0.1) is 13.2 Å². The Morgan fingerprint density at radius 1 is 1.10 bits per heavy atom. The summed E-state index contributed by atoms with van der Waals surface area (Å²) in [5, 5.41) is 28.9. The molecule has 1 aliphatic rings. The Kier molecular flexibility index (Phi) is 8.30. The highest BCUT2D eigenvalue weighted by atomic mass is 19.4. The van der Waals surface area contributed by atoms with Crippen LogP contribution in [0.2, 0.25) is 0 Å². The van der Waals surface area contributed by atoms with Crippen molar-refractivity contribution in [1.29, 1.82) is 0 Å². The van der Waals surface area contributed by atoms with Gasteiger partial charge < -0.3 is 41.6 Å². The molecule has 4 atom stereocenters. The predicted molar refractivity (Wildman–Crippen MR) is 137 cm³/mol. The Balaban J connectivity index is 1.41. The van der Waals surface area contributed by atoms with Crippen LogP contribution < -0.4 is 26.4 Å².